The van der Waals surface area contributed by atoms with Gasteiger partial charge < -0.3 is 9.64 Å². The van der Waals surface area contributed by atoms with Crippen LogP contribution < -0.4 is 0 Å². The number of hydrogen-bond donors (Lipinski definition) is 0. The molecule has 1 aromatic carbocycles. The van der Waals surface area contributed by atoms with Crippen molar-refractivity contribution in [3.05, 3.63) is 35.6 Å². The number of ether oxygens (including phenoxy) is 1. The fourth-order valence-electron chi connectivity index (χ4n) is 2.59. The van der Waals surface area contributed by atoms with Crippen molar-refractivity contribution >= 4 is 5.91 Å². The second-order valence-electron chi connectivity index (χ2n) is 4.99. The molecule has 0 radical (unpaired) electrons. The molecule has 0 spiro atoms. The highest BCUT2D eigenvalue weighted by atomic mass is 19.1. The zero-order valence-corrected chi connectivity index (χ0v) is 10.2. The number of morpholine rings is 1. The summed E-state index contributed by atoms with van der Waals surface area (Å²) in [4.78, 5) is 14.4. The van der Waals surface area contributed by atoms with Gasteiger partial charge in [0.2, 0.25) is 5.91 Å². The number of rotatable bonds is 2. The number of carbonyl (C=O) groups excluding carboxylic acids is 1. The van der Waals surface area contributed by atoms with Gasteiger partial charge in [0.25, 0.3) is 0 Å². The summed E-state index contributed by atoms with van der Waals surface area (Å²) < 4.78 is 18.2. The van der Waals surface area contributed by atoms with E-state index in [2.05, 4.69) is 0 Å². The van der Waals surface area contributed by atoms with E-state index in [1.807, 2.05) is 4.90 Å². The molecule has 18 heavy (non-hydrogen) atoms. The maximum Gasteiger partial charge on any atom is 0.233 e. The van der Waals surface area contributed by atoms with Crippen LogP contribution in [-0.2, 0) is 14.9 Å². The zero-order valence-electron chi connectivity index (χ0n) is 10.2. The summed E-state index contributed by atoms with van der Waals surface area (Å²) >= 11 is 0. The first-order valence-corrected chi connectivity index (χ1v) is 6.35. The lowest BCUT2D eigenvalue weighted by Crippen LogP contribution is -2.45. The first-order chi connectivity index (χ1) is 8.72. The zero-order chi connectivity index (χ0) is 12.6. The fraction of sp³-hybridized carbons (Fsp3) is 0.500. The van der Waals surface area contributed by atoms with Crippen LogP contribution in [0.2, 0.25) is 0 Å². The van der Waals surface area contributed by atoms with E-state index in [9.17, 15) is 9.18 Å². The Morgan fingerprint density at radius 2 is 1.78 bits per heavy atom. The first kappa shape index (κ1) is 11.7. The second kappa shape index (κ2) is 4.35. The van der Waals surface area contributed by atoms with Crippen molar-refractivity contribution in [1.29, 1.82) is 0 Å². The first-order valence-electron chi connectivity index (χ1n) is 6.35. The molecule has 1 saturated carbocycles. The second-order valence-corrected chi connectivity index (χ2v) is 4.99. The van der Waals surface area contributed by atoms with Crippen molar-refractivity contribution in [2.75, 3.05) is 26.3 Å². The van der Waals surface area contributed by atoms with Crippen LogP contribution in [-0.4, -0.2) is 37.1 Å². The molecule has 0 unspecified atom stereocenters. The van der Waals surface area contributed by atoms with Crippen molar-refractivity contribution in [2.24, 2.45) is 0 Å². The Hall–Kier alpha value is -1.42. The van der Waals surface area contributed by atoms with Crippen LogP contribution in [0.5, 0.6) is 0 Å². The Morgan fingerprint density at radius 3 is 2.33 bits per heavy atom. The number of halogens is 1. The van der Waals surface area contributed by atoms with Crippen molar-refractivity contribution in [2.45, 2.75) is 18.3 Å². The quantitative estimate of drug-likeness (QED) is 0.798. The highest BCUT2D eigenvalue weighted by Crippen LogP contribution is 2.49. The number of hydrogen-bond acceptors (Lipinski definition) is 2. The summed E-state index contributed by atoms with van der Waals surface area (Å²) in [7, 11) is 0. The minimum atomic E-state index is -0.384. The molecule has 96 valence electrons. The molecule has 1 aliphatic carbocycles. The van der Waals surface area contributed by atoms with Crippen LogP contribution in [0, 0.1) is 5.82 Å². The number of carbonyl (C=O) groups is 1. The summed E-state index contributed by atoms with van der Waals surface area (Å²) in [5.41, 5.74) is 0.561. The number of amides is 1. The summed E-state index contributed by atoms with van der Waals surface area (Å²) in [6.45, 7) is 2.57. The van der Waals surface area contributed by atoms with Crippen LogP contribution in [0.25, 0.3) is 0 Å². The third kappa shape index (κ3) is 1.90. The van der Waals surface area contributed by atoms with Gasteiger partial charge in [-0.2, -0.15) is 0 Å². The monoisotopic (exact) mass is 249 g/mol. The molecule has 1 amide bonds. The van der Waals surface area contributed by atoms with Crippen molar-refractivity contribution < 1.29 is 13.9 Å². The molecule has 1 aliphatic heterocycles. The Morgan fingerprint density at radius 1 is 1.17 bits per heavy atom. The molecule has 3 nitrogen and oxygen atoms in total. The smallest absolute Gasteiger partial charge is 0.233 e. The van der Waals surface area contributed by atoms with Gasteiger partial charge in [-0.3, -0.25) is 4.79 Å². The average Bonchev–Trinajstić information content (AvgIpc) is 3.21. The van der Waals surface area contributed by atoms with Crippen LogP contribution in [0.1, 0.15) is 18.4 Å². The lowest BCUT2D eigenvalue weighted by molar-refractivity contribution is -0.138. The van der Waals surface area contributed by atoms with Crippen LogP contribution in [0.4, 0.5) is 4.39 Å². The molecule has 1 heterocycles. The van der Waals surface area contributed by atoms with E-state index in [0.29, 0.717) is 26.3 Å². The van der Waals surface area contributed by atoms with Crippen molar-refractivity contribution in [3.8, 4) is 0 Å². The van der Waals surface area contributed by atoms with Gasteiger partial charge in [-0.1, -0.05) is 12.1 Å². The summed E-state index contributed by atoms with van der Waals surface area (Å²) in [6.07, 6.45) is 1.74. The van der Waals surface area contributed by atoms with Crippen molar-refractivity contribution in [1.82, 2.24) is 4.90 Å². The van der Waals surface area contributed by atoms with Gasteiger partial charge in [0.15, 0.2) is 0 Å². The van der Waals surface area contributed by atoms with Gasteiger partial charge in [-0.25, -0.2) is 4.39 Å². The molecule has 2 fully saturated rings. The van der Waals surface area contributed by atoms with E-state index in [4.69, 9.17) is 4.74 Å². The lowest BCUT2D eigenvalue weighted by atomic mass is 9.94. The Labute approximate surface area is 106 Å². The molecular formula is C14H16FNO2. The Bertz CT molecular complexity index is 447. The van der Waals surface area contributed by atoms with E-state index in [0.717, 1.165) is 18.4 Å². The van der Waals surface area contributed by atoms with Gasteiger partial charge in [0, 0.05) is 13.1 Å². The normalized spacial score (nSPS) is 21.7. The van der Waals surface area contributed by atoms with Gasteiger partial charge in [-0.15, -0.1) is 0 Å². The van der Waals surface area contributed by atoms with Gasteiger partial charge in [0.1, 0.15) is 5.82 Å². The van der Waals surface area contributed by atoms with Crippen LogP contribution >= 0.6 is 0 Å². The highest BCUT2D eigenvalue weighted by Gasteiger charge is 2.53. The van der Waals surface area contributed by atoms with Crippen LogP contribution in [0.15, 0.2) is 24.3 Å². The molecule has 1 saturated heterocycles. The predicted molar refractivity (Wildman–Crippen MR) is 64.7 cm³/mol. The molecule has 0 bridgehead atoms. The van der Waals surface area contributed by atoms with Gasteiger partial charge in [-0.05, 0) is 30.5 Å². The Kier molecular flexibility index (Phi) is 2.82. The van der Waals surface area contributed by atoms with Gasteiger partial charge >= 0.3 is 0 Å². The maximum atomic E-state index is 12.9. The summed E-state index contributed by atoms with van der Waals surface area (Å²) in [5, 5.41) is 0. The number of benzene rings is 1. The minimum absolute atomic E-state index is 0.178. The predicted octanol–water partition coefficient (Wildman–Crippen LogP) is 1.72. The van der Waals surface area contributed by atoms with E-state index < -0.39 is 0 Å². The van der Waals surface area contributed by atoms with Gasteiger partial charge in [0.05, 0.1) is 18.6 Å². The maximum absolute atomic E-state index is 12.9. The summed E-state index contributed by atoms with van der Waals surface area (Å²) in [6, 6.07) is 6.34. The van der Waals surface area contributed by atoms with E-state index in [1.165, 1.54) is 12.1 Å². The van der Waals surface area contributed by atoms with E-state index in [-0.39, 0.29) is 17.1 Å². The van der Waals surface area contributed by atoms with E-state index >= 15 is 0 Å². The van der Waals surface area contributed by atoms with Crippen molar-refractivity contribution in [3.63, 3.8) is 0 Å². The molecule has 3 rings (SSSR count). The highest BCUT2D eigenvalue weighted by molar-refractivity contribution is 5.91. The summed E-state index contributed by atoms with van der Waals surface area (Å²) in [5.74, 6) is -0.0780. The third-order valence-corrected chi connectivity index (χ3v) is 3.85. The molecular weight excluding hydrogens is 233 g/mol. The molecule has 4 heteroatoms. The molecule has 0 N–H and O–H groups in total. The topological polar surface area (TPSA) is 29.5 Å². The SMILES string of the molecule is O=C(N1CCOCC1)C1(c2ccc(F)cc2)CC1. The van der Waals surface area contributed by atoms with E-state index in [1.54, 1.807) is 12.1 Å². The Balaban J connectivity index is 1.81. The standard InChI is InChI=1S/C14H16FNO2/c15-12-3-1-11(2-4-12)14(5-6-14)13(17)16-7-9-18-10-8-16/h1-4H,5-10H2. The van der Waals surface area contributed by atoms with Crippen LogP contribution in [0.3, 0.4) is 0 Å². The molecule has 2 aliphatic rings. The number of nitrogens with zero attached hydrogens (tertiary/aromatic N) is 1. The molecule has 1 aromatic rings. The fourth-order valence-corrected chi connectivity index (χ4v) is 2.59. The molecule has 0 aromatic heterocycles. The molecule has 0 atom stereocenters. The largest absolute Gasteiger partial charge is 0.378 e. The minimum Gasteiger partial charge on any atom is -0.378 e. The third-order valence-electron chi connectivity index (χ3n) is 3.85. The average molecular weight is 249 g/mol. The lowest BCUT2D eigenvalue weighted by Gasteiger charge is -2.30.